The first-order chi connectivity index (χ1) is 8.63. The van der Waals surface area contributed by atoms with Gasteiger partial charge < -0.3 is 5.73 Å². The number of hydroxylamine groups is 1. The zero-order valence-electron chi connectivity index (χ0n) is 9.65. The molecule has 1 fully saturated rings. The van der Waals surface area contributed by atoms with Crippen molar-refractivity contribution in [1.29, 1.82) is 0 Å². The van der Waals surface area contributed by atoms with Crippen LogP contribution in [0.3, 0.4) is 0 Å². The van der Waals surface area contributed by atoms with E-state index in [0.29, 0.717) is 5.82 Å². The highest BCUT2D eigenvalue weighted by atomic mass is 35.5. The Morgan fingerprint density at radius 2 is 2.33 bits per heavy atom. The molecule has 1 aromatic rings. The van der Waals surface area contributed by atoms with E-state index in [4.69, 9.17) is 22.2 Å². The summed E-state index contributed by atoms with van der Waals surface area (Å²) in [4.78, 5) is 24.8. The van der Waals surface area contributed by atoms with E-state index in [0.717, 1.165) is 12.8 Å². The standard InChI is InChI=1S/C11H13ClN4O2/c1-2-5-18-16-11(17)8-7(12)9(13)15-10(14-8)6-3-4-6/h2,6H,1,3-5H2,(H,16,17)(H2,13,14,15). The number of hydrogen-bond donors (Lipinski definition) is 2. The molecule has 1 saturated carbocycles. The van der Waals surface area contributed by atoms with Gasteiger partial charge >= 0.3 is 0 Å². The minimum absolute atomic E-state index is 0.0372. The van der Waals surface area contributed by atoms with Crippen LogP contribution in [-0.2, 0) is 4.84 Å². The first-order valence-electron chi connectivity index (χ1n) is 5.49. The molecule has 0 aliphatic heterocycles. The minimum Gasteiger partial charge on any atom is -0.382 e. The Morgan fingerprint density at radius 1 is 1.61 bits per heavy atom. The van der Waals surface area contributed by atoms with Crippen LogP contribution in [0.25, 0.3) is 0 Å². The summed E-state index contributed by atoms with van der Waals surface area (Å²) in [5, 5.41) is 0.0408. The van der Waals surface area contributed by atoms with Crippen molar-refractivity contribution in [2.45, 2.75) is 18.8 Å². The third kappa shape index (κ3) is 2.77. The van der Waals surface area contributed by atoms with Crippen molar-refractivity contribution in [3.63, 3.8) is 0 Å². The Hall–Kier alpha value is -1.66. The van der Waals surface area contributed by atoms with Crippen molar-refractivity contribution < 1.29 is 9.63 Å². The molecular weight excluding hydrogens is 256 g/mol. The lowest BCUT2D eigenvalue weighted by molar-refractivity contribution is 0.0416. The predicted molar refractivity (Wildman–Crippen MR) is 67.0 cm³/mol. The lowest BCUT2D eigenvalue weighted by Gasteiger charge is -2.08. The number of nitrogen functional groups attached to an aromatic ring is 1. The van der Waals surface area contributed by atoms with Crippen LogP contribution in [0, 0.1) is 0 Å². The minimum atomic E-state index is -0.544. The van der Waals surface area contributed by atoms with Crippen molar-refractivity contribution in [2.75, 3.05) is 12.3 Å². The first-order valence-corrected chi connectivity index (χ1v) is 5.87. The zero-order chi connectivity index (χ0) is 13.1. The number of nitrogens with two attached hydrogens (primary N) is 1. The fraction of sp³-hybridized carbons (Fsp3) is 0.364. The molecule has 0 aromatic carbocycles. The maximum absolute atomic E-state index is 11.8. The molecule has 0 saturated heterocycles. The number of anilines is 1. The monoisotopic (exact) mass is 268 g/mol. The van der Waals surface area contributed by atoms with Crippen LogP contribution in [0.15, 0.2) is 12.7 Å². The molecule has 2 rings (SSSR count). The van der Waals surface area contributed by atoms with E-state index in [2.05, 4.69) is 22.0 Å². The Kier molecular flexibility index (Phi) is 3.78. The number of hydrogen-bond acceptors (Lipinski definition) is 5. The van der Waals surface area contributed by atoms with Crippen LogP contribution >= 0.6 is 11.6 Å². The molecule has 7 heteroatoms. The summed E-state index contributed by atoms with van der Waals surface area (Å²) in [7, 11) is 0. The van der Waals surface area contributed by atoms with Crippen LogP contribution in [0.5, 0.6) is 0 Å². The molecule has 18 heavy (non-hydrogen) atoms. The van der Waals surface area contributed by atoms with E-state index >= 15 is 0 Å². The van der Waals surface area contributed by atoms with E-state index < -0.39 is 5.91 Å². The second-order valence-electron chi connectivity index (χ2n) is 3.93. The van der Waals surface area contributed by atoms with Gasteiger partial charge in [0.05, 0.1) is 6.61 Å². The summed E-state index contributed by atoms with van der Waals surface area (Å²) < 4.78 is 0. The predicted octanol–water partition coefficient (Wildman–Crippen LogP) is 1.44. The fourth-order valence-electron chi connectivity index (χ4n) is 1.37. The van der Waals surface area contributed by atoms with E-state index in [1.807, 2.05) is 0 Å². The second-order valence-corrected chi connectivity index (χ2v) is 4.31. The van der Waals surface area contributed by atoms with Crippen LogP contribution < -0.4 is 11.2 Å². The molecule has 1 amide bonds. The molecule has 0 spiro atoms. The van der Waals surface area contributed by atoms with Crippen LogP contribution in [0.2, 0.25) is 5.02 Å². The lowest BCUT2D eigenvalue weighted by Crippen LogP contribution is -2.26. The Balaban J connectivity index is 2.19. The Morgan fingerprint density at radius 3 is 2.94 bits per heavy atom. The highest BCUT2D eigenvalue weighted by Gasteiger charge is 2.29. The lowest BCUT2D eigenvalue weighted by atomic mass is 10.3. The number of carbonyl (C=O) groups excluding carboxylic acids is 1. The third-order valence-corrected chi connectivity index (χ3v) is 2.79. The smallest absolute Gasteiger partial charge is 0.295 e. The van der Waals surface area contributed by atoms with Gasteiger partial charge in [-0.2, -0.15) is 0 Å². The zero-order valence-corrected chi connectivity index (χ0v) is 10.4. The Bertz CT molecular complexity index is 488. The van der Waals surface area contributed by atoms with Crippen molar-refractivity contribution in [3.05, 3.63) is 29.2 Å². The largest absolute Gasteiger partial charge is 0.382 e. The molecule has 0 bridgehead atoms. The topological polar surface area (TPSA) is 90.1 Å². The van der Waals surface area contributed by atoms with Gasteiger partial charge in [-0.25, -0.2) is 15.4 Å². The number of halogens is 1. The van der Waals surface area contributed by atoms with Crippen molar-refractivity contribution in [2.24, 2.45) is 0 Å². The normalized spacial score (nSPS) is 14.3. The fourth-order valence-corrected chi connectivity index (χ4v) is 1.54. The van der Waals surface area contributed by atoms with E-state index in [1.165, 1.54) is 6.08 Å². The van der Waals surface area contributed by atoms with E-state index in [9.17, 15) is 4.79 Å². The van der Waals surface area contributed by atoms with Gasteiger partial charge in [0.2, 0.25) is 0 Å². The molecule has 1 heterocycles. The summed E-state index contributed by atoms with van der Waals surface area (Å²) in [6.07, 6.45) is 3.52. The molecule has 0 atom stereocenters. The Labute approximate surface area is 109 Å². The van der Waals surface area contributed by atoms with Crippen LogP contribution in [0.1, 0.15) is 35.1 Å². The number of rotatable bonds is 5. The number of nitrogens with zero attached hydrogens (tertiary/aromatic N) is 2. The van der Waals surface area contributed by atoms with Gasteiger partial charge in [-0.3, -0.25) is 9.63 Å². The van der Waals surface area contributed by atoms with Gasteiger partial charge in [0, 0.05) is 5.92 Å². The van der Waals surface area contributed by atoms with Crippen LogP contribution in [0.4, 0.5) is 5.82 Å². The first kappa shape index (κ1) is 12.8. The second kappa shape index (κ2) is 5.32. The van der Waals surface area contributed by atoms with Crippen molar-refractivity contribution >= 4 is 23.3 Å². The molecule has 1 aromatic heterocycles. The van der Waals surface area contributed by atoms with Gasteiger partial charge in [0.25, 0.3) is 5.91 Å². The number of nitrogens with one attached hydrogen (secondary N) is 1. The van der Waals surface area contributed by atoms with Gasteiger partial charge in [0.15, 0.2) is 5.69 Å². The van der Waals surface area contributed by atoms with E-state index in [1.54, 1.807) is 0 Å². The number of aromatic nitrogens is 2. The maximum Gasteiger partial charge on any atom is 0.295 e. The highest BCUT2D eigenvalue weighted by Crippen LogP contribution is 2.39. The van der Waals surface area contributed by atoms with E-state index in [-0.39, 0.29) is 29.1 Å². The van der Waals surface area contributed by atoms with Gasteiger partial charge in [-0.1, -0.05) is 17.7 Å². The molecule has 96 valence electrons. The maximum atomic E-state index is 11.8. The molecule has 3 N–H and O–H groups in total. The summed E-state index contributed by atoms with van der Waals surface area (Å²) in [5.74, 6) is 0.413. The third-order valence-electron chi connectivity index (χ3n) is 2.42. The number of amides is 1. The van der Waals surface area contributed by atoms with Gasteiger partial charge in [0.1, 0.15) is 16.7 Å². The number of carbonyl (C=O) groups is 1. The molecule has 0 radical (unpaired) electrons. The summed E-state index contributed by atoms with van der Waals surface area (Å²) in [6.45, 7) is 3.65. The van der Waals surface area contributed by atoms with Crippen LogP contribution in [-0.4, -0.2) is 22.5 Å². The molecular formula is C11H13ClN4O2. The molecule has 0 unspecified atom stereocenters. The van der Waals surface area contributed by atoms with Gasteiger partial charge in [-0.15, -0.1) is 6.58 Å². The average Bonchev–Trinajstić information content (AvgIpc) is 3.16. The summed E-state index contributed by atoms with van der Waals surface area (Å²) in [6, 6.07) is 0. The highest BCUT2D eigenvalue weighted by molar-refractivity contribution is 6.35. The average molecular weight is 269 g/mol. The molecule has 1 aliphatic rings. The quantitative estimate of drug-likeness (QED) is 0.479. The van der Waals surface area contributed by atoms with Crippen molar-refractivity contribution in [1.82, 2.24) is 15.4 Å². The summed E-state index contributed by atoms with van der Waals surface area (Å²) in [5.41, 5.74) is 7.91. The van der Waals surface area contributed by atoms with Gasteiger partial charge in [-0.05, 0) is 12.8 Å². The molecule has 6 nitrogen and oxygen atoms in total. The van der Waals surface area contributed by atoms with Crippen molar-refractivity contribution in [3.8, 4) is 0 Å². The summed E-state index contributed by atoms with van der Waals surface area (Å²) >= 11 is 5.91. The SMILES string of the molecule is C=CCONC(=O)c1nc(C2CC2)nc(N)c1Cl. The molecule has 1 aliphatic carbocycles.